The zero-order valence-electron chi connectivity index (χ0n) is 14.9. The second-order valence-corrected chi connectivity index (χ2v) is 6.27. The molecule has 9 heteroatoms. The lowest BCUT2D eigenvalue weighted by molar-refractivity contribution is -0.272. The van der Waals surface area contributed by atoms with Crippen molar-refractivity contribution in [2.75, 3.05) is 19.4 Å². The van der Waals surface area contributed by atoms with E-state index in [1.807, 2.05) is 0 Å². The number of nitrogens with one attached hydrogen (secondary N) is 1. The van der Waals surface area contributed by atoms with E-state index in [0.29, 0.717) is 5.56 Å². The fourth-order valence-corrected chi connectivity index (χ4v) is 2.38. The van der Waals surface area contributed by atoms with Crippen LogP contribution in [0.5, 0.6) is 0 Å². The minimum absolute atomic E-state index is 0.175. The van der Waals surface area contributed by atoms with E-state index in [2.05, 4.69) is 5.32 Å². The lowest BCUT2D eigenvalue weighted by Gasteiger charge is -2.28. The molecule has 6 nitrogen and oxygen atoms in total. The summed E-state index contributed by atoms with van der Waals surface area (Å²) in [6.07, 6.45) is -6.39. The highest BCUT2D eigenvalue weighted by Gasteiger charge is 2.58. The SMILES string of the molecule is Cc1ccc(C(O)(CC(=O)Nc2ccc(C(=O)N(C)C)cc2)C(F)(F)F)o1. The lowest BCUT2D eigenvalue weighted by atomic mass is 9.95. The number of anilines is 1. The predicted molar refractivity (Wildman–Crippen MR) is 91.1 cm³/mol. The Bertz CT molecular complexity index is 828. The molecule has 0 aliphatic carbocycles. The average molecular weight is 384 g/mol. The Morgan fingerprint density at radius 2 is 1.70 bits per heavy atom. The van der Waals surface area contributed by atoms with Gasteiger partial charge in [-0.05, 0) is 43.3 Å². The summed E-state index contributed by atoms with van der Waals surface area (Å²) >= 11 is 0. The maximum atomic E-state index is 13.4. The van der Waals surface area contributed by atoms with Gasteiger partial charge in [0.25, 0.3) is 5.91 Å². The first-order valence-corrected chi connectivity index (χ1v) is 7.91. The van der Waals surface area contributed by atoms with Crippen molar-refractivity contribution < 1.29 is 32.3 Å². The van der Waals surface area contributed by atoms with Gasteiger partial charge in [0.05, 0.1) is 6.42 Å². The van der Waals surface area contributed by atoms with Crippen LogP contribution < -0.4 is 5.32 Å². The van der Waals surface area contributed by atoms with Crippen molar-refractivity contribution in [2.24, 2.45) is 0 Å². The van der Waals surface area contributed by atoms with Crippen LogP contribution in [0.25, 0.3) is 0 Å². The topological polar surface area (TPSA) is 82.8 Å². The Kier molecular flexibility index (Phi) is 5.65. The number of amides is 2. The van der Waals surface area contributed by atoms with Crippen molar-refractivity contribution in [1.29, 1.82) is 0 Å². The largest absolute Gasteiger partial charge is 0.463 e. The maximum Gasteiger partial charge on any atom is 0.425 e. The zero-order chi connectivity index (χ0) is 20.4. The fraction of sp³-hybridized carbons (Fsp3) is 0.333. The van der Waals surface area contributed by atoms with Gasteiger partial charge in [-0.1, -0.05) is 0 Å². The van der Waals surface area contributed by atoms with Crippen molar-refractivity contribution in [2.45, 2.75) is 25.1 Å². The van der Waals surface area contributed by atoms with Gasteiger partial charge >= 0.3 is 6.18 Å². The quantitative estimate of drug-likeness (QED) is 0.830. The summed E-state index contributed by atoms with van der Waals surface area (Å²) < 4.78 is 45.0. The third kappa shape index (κ3) is 4.48. The molecule has 2 aromatic rings. The Morgan fingerprint density at radius 3 is 2.15 bits per heavy atom. The molecule has 1 heterocycles. The third-order valence-corrected chi connectivity index (χ3v) is 3.86. The second-order valence-electron chi connectivity index (χ2n) is 6.27. The number of aryl methyl sites for hydroxylation is 1. The molecule has 2 N–H and O–H groups in total. The number of alkyl halides is 3. The molecule has 0 saturated carbocycles. The highest BCUT2D eigenvalue weighted by atomic mass is 19.4. The average Bonchev–Trinajstić information content (AvgIpc) is 3.00. The first kappa shape index (κ1) is 20.5. The summed E-state index contributed by atoms with van der Waals surface area (Å²) in [4.78, 5) is 25.3. The molecule has 1 aromatic carbocycles. The molecular formula is C18H19F3N2O4. The minimum atomic E-state index is -5.11. The number of aliphatic hydroxyl groups is 1. The highest BCUT2D eigenvalue weighted by molar-refractivity contribution is 5.95. The van der Waals surface area contributed by atoms with Crippen LogP contribution in [-0.4, -0.2) is 42.1 Å². The van der Waals surface area contributed by atoms with Gasteiger partial charge < -0.3 is 19.7 Å². The van der Waals surface area contributed by atoms with E-state index in [4.69, 9.17) is 4.42 Å². The highest BCUT2D eigenvalue weighted by Crippen LogP contribution is 2.42. The molecule has 2 amide bonds. The molecule has 1 aromatic heterocycles. The smallest absolute Gasteiger partial charge is 0.425 e. The third-order valence-electron chi connectivity index (χ3n) is 3.86. The van der Waals surface area contributed by atoms with Crippen LogP contribution >= 0.6 is 0 Å². The number of rotatable bonds is 5. The molecule has 0 aliphatic rings. The molecular weight excluding hydrogens is 365 g/mol. The Balaban J connectivity index is 2.16. The Hall–Kier alpha value is -2.81. The number of halogens is 3. The molecule has 1 unspecified atom stereocenters. The lowest BCUT2D eigenvalue weighted by Crippen LogP contribution is -2.44. The number of benzene rings is 1. The van der Waals surface area contributed by atoms with Gasteiger partial charge in [-0.25, -0.2) is 0 Å². The number of hydrogen-bond donors (Lipinski definition) is 2. The summed E-state index contributed by atoms with van der Waals surface area (Å²) in [5.74, 6) is -1.90. The Morgan fingerprint density at radius 1 is 1.11 bits per heavy atom. The van der Waals surface area contributed by atoms with Gasteiger partial charge in [0.15, 0.2) is 0 Å². The van der Waals surface area contributed by atoms with Crippen LogP contribution in [0.1, 0.15) is 28.3 Å². The van der Waals surface area contributed by atoms with E-state index in [1.54, 1.807) is 14.1 Å². The molecule has 146 valence electrons. The summed E-state index contributed by atoms with van der Waals surface area (Å²) in [5, 5.41) is 12.4. The normalized spacial score (nSPS) is 13.7. The minimum Gasteiger partial charge on any atom is -0.463 e. The molecule has 0 aliphatic heterocycles. The van der Waals surface area contributed by atoms with Gasteiger partial charge in [-0.15, -0.1) is 0 Å². The molecule has 1 atom stereocenters. The number of furan rings is 1. The van der Waals surface area contributed by atoms with E-state index in [-0.39, 0.29) is 17.4 Å². The molecule has 2 rings (SSSR count). The predicted octanol–water partition coefficient (Wildman–Crippen LogP) is 3.07. The molecule has 27 heavy (non-hydrogen) atoms. The van der Waals surface area contributed by atoms with Crippen molar-refractivity contribution in [3.8, 4) is 0 Å². The van der Waals surface area contributed by atoms with Gasteiger partial charge in [-0.3, -0.25) is 9.59 Å². The van der Waals surface area contributed by atoms with Gasteiger partial charge in [0.2, 0.25) is 11.5 Å². The maximum absolute atomic E-state index is 13.4. The van der Waals surface area contributed by atoms with Crippen molar-refractivity contribution in [3.63, 3.8) is 0 Å². The van der Waals surface area contributed by atoms with E-state index >= 15 is 0 Å². The Labute approximate surface area is 153 Å². The van der Waals surface area contributed by atoms with Crippen molar-refractivity contribution in [3.05, 3.63) is 53.5 Å². The van der Waals surface area contributed by atoms with Crippen LogP contribution in [0.2, 0.25) is 0 Å². The van der Waals surface area contributed by atoms with Crippen LogP contribution in [0.15, 0.2) is 40.8 Å². The first-order chi connectivity index (χ1) is 12.4. The van der Waals surface area contributed by atoms with Crippen molar-refractivity contribution >= 4 is 17.5 Å². The molecule has 0 bridgehead atoms. The number of carbonyl (C=O) groups is 2. The number of nitrogens with zero attached hydrogens (tertiary/aromatic N) is 1. The van der Waals surface area contributed by atoms with Gasteiger partial charge in [0.1, 0.15) is 11.5 Å². The van der Waals surface area contributed by atoms with Crippen molar-refractivity contribution in [1.82, 2.24) is 4.90 Å². The summed E-state index contributed by atoms with van der Waals surface area (Å²) in [5.41, 5.74) is -2.90. The molecule has 0 spiro atoms. The first-order valence-electron chi connectivity index (χ1n) is 7.91. The van der Waals surface area contributed by atoms with Crippen LogP contribution in [-0.2, 0) is 10.4 Å². The van der Waals surface area contributed by atoms with E-state index in [9.17, 15) is 27.9 Å². The van der Waals surface area contributed by atoms with Crippen LogP contribution in [0.3, 0.4) is 0 Å². The van der Waals surface area contributed by atoms with Crippen LogP contribution in [0, 0.1) is 6.92 Å². The molecule has 0 saturated heterocycles. The molecule has 0 radical (unpaired) electrons. The summed E-state index contributed by atoms with van der Waals surface area (Å²) in [6.45, 7) is 1.43. The second kappa shape index (κ2) is 7.43. The van der Waals surface area contributed by atoms with E-state index < -0.39 is 29.9 Å². The zero-order valence-corrected chi connectivity index (χ0v) is 14.9. The number of carbonyl (C=O) groups excluding carboxylic acids is 2. The van der Waals surface area contributed by atoms with E-state index in [0.717, 1.165) is 6.07 Å². The van der Waals surface area contributed by atoms with Gasteiger partial charge in [-0.2, -0.15) is 13.2 Å². The number of hydrogen-bond acceptors (Lipinski definition) is 4. The standard InChI is InChI=1S/C18H19F3N2O4/c1-11-4-9-14(27-11)17(26,18(19,20)21)10-15(24)22-13-7-5-12(6-8-13)16(25)23(2)3/h4-9,26H,10H2,1-3H3,(H,22,24). The van der Waals surface area contributed by atoms with Gasteiger partial charge in [0, 0.05) is 25.3 Å². The summed E-state index contributed by atoms with van der Waals surface area (Å²) in [6, 6.07) is 7.90. The van der Waals surface area contributed by atoms with E-state index in [1.165, 1.54) is 42.2 Å². The fourth-order valence-electron chi connectivity index (χ4n) is 2.38. The van der Waals surface area contributed by atoms with Crippen LogP contribution in [0.4, 0.5) is 18.9 Å². The molecule has 0 fully saturated rings. The monoisotopic (exact) mass is 384 g/mol. The summed E-state index contributed by atoms with van der Waals surface area (Å²) in [7, 11) is 3.15.